The first kappa shape index (κ1) is 28.9. The fourth-order valence-electron chi connectivity index (χ4n) is 5.48. The Bertz CT molecular complexity index is 1120. The Morgan fingerprint density at radius 2 is 1.64 bits per heavy atom. The fraction of sp³-hybridized carbons (Fsp3) is 0.500. The van der Waals surface area contributed by atoms with Gasteiger partial charge in [-0.1, -0.05) is 23.7 Å². The molecule has 1 aliphatic carbocycles. The molecule has 9 heteroatoms. The normalized spacial score (nSPS) is 20.7. The summed E-state index contributed by atoms with van der Waals surface area (Å²) in [6.07, 6.45) is 4.98. The molecule has 210 valence electrons. The number of urea groups is 1. The monoisotopic (exact) mass is 556 g/mol. The Hall–Kier alpha value is -3.10. The number of halogens is 1. The van der Waals surface area contributed by atoms with Crippen LogP contribution < -0.4 is 10.1 Å². The third kappa shape index (κ3) is 7.51. The molecule has 2 fully saturated rings. The van der Waals surface area contributed by atoms with Gasteiger partial charge >= 0.3 is 12.0 Å². The number of benzene rings is 2. The van der Waals surface area contributed by atoms with Crippen LogP contribution in [0.3, 0.4) is 0 Å². The largest absolute Gasteiger partial charge is 0.490 e. The first-order chi connectivity index (χ1) is 18.8. The summed E-state index contributed by atoms with van der Waals surface area (Å²) in [4.78, 5) is 38.2. The number of nitrogens with one attached hydrogen (secondary N) is 1. The minimum Gasteiger partial charge on any atom is -0.490 e. The molecule has 2 amide bonds. The molecule has 0 aromatic heterocycles. The third-order valence-corrected chi connectivity index (χ3v) is 8.23. The number of Topliss-reactive ketones (excluding diaryl/α,β-unsaturated/α-hetero) is 1. The van der Waals surface area contributed by atoms with Crippen LogP contribution in [0.4, 0.5) is 4.79 Å². The highest BCUT2D eigenvalue weighted by molar-refractivity contribution is 6.30. The summed E-state index contributed by atoms with van der Waals surface area (Å²) in [6, 6.07) is 14.7. The average molecular weight is 557 g/mol. The van der Waals surface area contributed by atoms with E-state index in [1.165, 1.54) is 0 Å². The van der Waals surface area contributed by atoms with E-state index >= 15 is 0 Å². The lowest BCUT2D eigenvalue weighted by molar-refractivity contribution is -0.143. The topological polar surface area (TPSA) is 105 Å². The van der Waals surface area contributed by atoms with Crippen molar-refractivity contribution in [2.24, 2.45) is 5.92 Å². The van der Waals surface area contributed by atoms with Crippen molar-refractivity contribution < 1.29 is 29.0 Å². The predicted molar refractivity (Wildman–Crippen MR) is 148 cm³/mol. The summed E-state index contributed by atoms with van der Waals surface area (Å²) in [5.41, 5.74) is 1.25. The molecule has 39 heavy (non-hydrogen) atoms. The van der Waals surface area contributed by atoms with Crippen molar-refractivity contribution in [3.05, 3.63) is 64.7 Å². The predicted octanol–water partition coefficient (Wildman–Crippen LogP) is 5.67. The Labute approximate surface area is 234 Å². The number of ether oxygens (including phenoxy) is 2. The van der Waals surface area contributed by atoms with Crippen molar-refractivity contribution in [1.29, 1.82) is 0 Å². The molecule has 1 saturated heterocycles. The molecule has 0 atom stereocenters. The van der Waals surface area contributed by atoms with Crippen molar-refractivity contribution in [1.82, 2.24) is 10.2 Å². The summed E-state index contributed by atoms with van der Waals surface area (Å²) in [7, 11) is 1.70. The molecule has 4 rings (SSSR count). The number of hydrogen-bond donors (Lipinski definition) is 2. The summed E-state index contributed by atoms with van der Waals surface area (Å²) < 4.78 is 11.9. The molecule has 0 radical (unpaired) electrons. The van der Waals surface area contributed by atoms with E-state index < -0.39 is 11.6 Å². The molecular weight excluding hydrogens is 520 g/mol. The van der Waals surface area contributed by atoms with E-state index in [0.717, 1.165) is 18.4 Å². The average Bonchev–Trinajstić information content (AvgIpc) is 2.96. The lowest BCUT2D eigenvalue weighted by Gasteiger charge is -2.41. The second-order valence-corrected chi connectivity index (χ2v) is 10.8. The maximum atomic E-state index is 12.7. The fourth-order valence-corrected chi connectivity index (χ4v) is 5.60. The number of carbonyl (C=O) groups is 3. The van der Waals surface area contributed by atoms with Crippen LogP contribution in [-0.4, -0.2) is 60.6 Å². The van der Waals surface area contributed by atoms with Crippen LogP contribution in [-0.2, 0) is 15.1 Å². The second-order valence-electron chi connectivity index (χ2n) is 10.4. The van der Waals surface area contributed by atoms with Crippen LogP contribution in [0, 0.1) is 5.92 Å². The first-order valence-corrected chi connectivity index (χ1v) is 14.0. The van der Waals surface area contributed by atoms with Gasteiger partial charge in [0.15, 0.2) is 5.78 Å². The van der Waals surface area contributed by atoms with Gasteiger partial charge < -0.3 is 24.8 Å². The molecule has 2 aromatic carbocycles. The minimum absolute atomic E-state index is 0.00835. The zero-order valence-corrected chi connectivity index (χ0v) is 23.1. The van der Waals surface area contributed by atoms with Crippen LogP contribution >= 0.6 is 11.6 Å². The summed E-state index contributed by atoms with van der Waals surface area (Å²) in [6.45, 7) is 1.58. The molecule has 2 N–H and O–H groups in total. The number of nitrogens with zero attached hydrogens (tertiary/aromatic N) is 1. The molecule has 0 bridgehead atoms. The minimum atomic E-state index is -0.731. The number of carboxylic acids is 1. The van der Waals surface area contributed by atoms with Gasteiger partial charge in [0.05, 0.1) is 17.6 Å². The second kappa shape index (κ2) is 13.3. The van der Waals surface area contributed by atoms with E-state index in [4.69, 9.17) is 26.2 Å². The Morgan fingerprint density at radius 1 is 1.00 bits per heavy atom. The summed E-state index contributed by atoms with van der Waals surface area (Å²) >= 11 is 6.03. The number of amides is 2. The first-order valence-electron chi connectivity index (χ1n) is 13.7. The number of rotatable bonds is 10. The Balaban J connectivity index is 1.15. The molecule has 2 aliphatic rings. The maximum absolute atomic E-state index is 12.7. The van der Waals surface area contributed by atoms with E-state index in [-0.39, 0.29) is 23.8 Å². The third-order valence-electron chi connectivity index (χ3n) is 7.98. The molecule has 1 aliphatic heterocycles. The van der Waals surface area contributed by atoms with Gasteiger partial charge in [0.1, 0.15) is 5.75 Å². The van der Waals surface area contributed by atoms with Crippen LogP contribution in [0.15, 0.2) is 48.5 Å². The van der Waals surface area contributed by atoms with Crippen LogP contribution in [0.1, 0.15) is 67.3 Å². The summed E-state index contributed by atoms with van der Waals surface area (Å²) in [5, 5.41) is 12.7. The molecule has 1 saturated carbocycles. The SMILES string of the molecule is COC1(c2ccc(Cl)cc2)CCN(C(=O)NCCCC(=O)c2ccc(OC3CCC(C(=O)O)CC3)cc2)CC1. The van der Waals surface area contributed by atoms with Crippen molar-refractivity contribution in [3.63, 3.8) is 0 Å². The number of hydrogen-bond acceptors (Lipinski definition) is 5. The molecule has 2 aromatic rings. The smallest absolute Gasteiger partial charge is 0.317 e. The van der Waals surface area contributed by atoms with Gasteiger partial charge in [0.25, 0.3) is 0 Å². The lowest BCUT2D eigenvalue weighted by Crippen LogP contribution is -2.49. The number of likely N-dealkylation sites (tertiary alicyclic amines) is 1. The van der Waals surface area contributed by atoms with E-state index in [1.54, 1.807) is 36.3 Å². The van der Waals surface area contributed by atoms with Gasteiger partial charge in [-0.2, -0.15) is 0 Å². The van der Waals surface area contributed by atoms with E-state index in [0.29, 0.717) is 74.5 Å². The highest BCUT2D eigenvalue weighted by Crippen LogP contribution is 2.36. The zero-order chi connectivity index (χ0) is 27.8. The van der Waals surface area contributed by atoms with Crippen molar-refractivity contribution in [3.8, 4) is 5.75 Å². The van der Waals surface area contributed by atoms with E-state index in [1.807, 2.05) is 24.3 Å². The number of piperidine rings is 1. The molecular formula is C30H37ClN2O6. The highest BCUT2D eigenvalue weighted by Gasteiger charge is 2.37. The van der Waals surface area contributed by atoms with Crippen LogP contribution in [0.2, 0.25) is 5.02 Å². The van der Waals surface area contributed by atoms with Crippen LogP contribution in [0.25, 0.3) is 0 Å². The maximum Gasteiger partial charge on any atom is 0.317 e. The van der Waals surface area contributed by atoms with E-state index in [2.05, 4.69) is 5.32 Å². The zero-order valence-electron chi connectivity index (χ0n) is 22.4. The van der Waals surface area contributed by atoms with E-state index in [9.17, 15) is 14.4 Å². The van der Waals surface area contributed by atoms with Gasteiger partial charge in [-0.15, -0.1) is 0 Å². The van der Waals surface area contributed by atoms with Crippen molar-refractivity contribution >= 4 is 29.4 Å². The standard InChI is InChI=1S/C30H37ClN2O6/c1-38-30(23-8-10-24(31)11-9-23)16-19-33(20-17-30)29(37)32-18-2-3-27(34)21-4-12-25(13-5-21)39-26-14-6-22(7-15-26)28(35)36/h4-5,8-13,22,26H,2-3,6-7,14-20H2,1H3,(H,32,37)(H,35,36). The van der Waals surface area contributed by atoms with Gasteiger partial charge in [-0.25, -0.2) is 4.79 Å². The van der Waals surface area contributed by atoms with Crippen molar-refractivity contribution in [2.45, 2.75) is 63.1 Å². The van der Waals surface area contributed by atoms with Crippen LogP contribution in [0.5, 0.6) is 5.75 Å². The van der Waals surface area contributed by atoms with Gasteiger partial charge in [-0.05, 0) is 86.9 Å². The Kier molecular flexibility index (Phi) is 9.86. The lowest BCUT2D eigenvalue weighted by atomic mass is 9.84. The Morgan fingerprint density at radius 3 is 2.23 bits per heavy atom. The molecule has 0 spiro atoms. The highest BCUT2D eigenvalue weighted by atomic mass is 35.5. The summed E-state index contributed by atoms with van der Waals surface area (Å²) in [5.74, 6) is -0.299. The number of carbonyl (C=O) groups excluding carboxylic acids is 2. The van der Waals surface area contributed by atoms with Gasteiger partial charge in [-0.3, -0.25) is 9.59 Å². The number of carboxylic acid groups (broad SMARTS) is 1. The van der Waals surface area contributed by atoms with Gasteiger partial charge in [0, 0.05) is 43.8 Å². The number of methoxy groups -OCH3 is 1. The number of aliphatic carboxylic acids is 1. The van der Waals surface area contributed by atoms with Crippen molar-refractivity contribution in [2.75, 3.05) is 26.7 Å². The molecule has 0 unspecified atom stereocenters. The molecule has 8 nitrogen and oxygen atoms in total. The molecule has 1 heterocycles. The quantitative estimate of drug-likeness (QED) is 0.288. The number of ketones is 1. The van der Waals surface area contributed by atoms with Gasteiger partial charge in [0.2, 0.25) is 0 Å².